The zero-order chi connectivity index (χ0) is 19.0. The minimum atomic E-state index is -1.08. The standard InChI is InChI=1S/C18H24BrNO5/c1-4-25-17(22)8-6-5-7-16(21)20(12(2)3)15-11-13(19)9-10-14(15)18(23)24/h9-12H,4-8H2,1-3H3,(H,23,24). The van der Waals surface area contributed by atoms with Gasteiger partial charge in [-0.05, 0) is 51.8 Å². The molecule has 0 aliphatic carbocycles. The predicted molar refractivity (Wildman–Crippen MR) is 98.8 cm³/mol. The van der Waals surface area contributed by atoms with Gasteiger partial charge in [0.15, 0.2) is 0 Å². The Kier molecular flexibility index (Phi) is 8.61. The lowest BCUT2D eigenvalue weighted by Gasteiger charge is -2.28. The second-order valence-electron chi connectivity index (χ2n) is 5.84. The van der Waals surface area contributed by atoms with E-state index in [0.717, 1.165) is 0 Å². The van der Waals surface area contributed by atoms with Gasteiger partial charge in [0.2, 0.25) is 5.91 Å². The van der Waals surface area contributed by atoms with E-state index in [0.29, 0.717) is 29.6 Å². The van der Waals surface area contributed by atoms with E-state index in [-0.39, 0.29) is 36.3 Å². The highest BCUT2D eigenvalue weighted by Gasteiger charge is 2.24. The number of carbonyl (C=O) groups is 3. The second-order valence-corrected chi connectivity index (χ2v) is 6.75. The first-order valence-electron chi connectivity index (χ1n) is 8.28. The van der Waals surface area contributed by atoms with Gasteiger partial charge in [-0.3, -0.25) is 9.59 Å². The third-order valence-electron chi connectivity index (χ3n) is 3.56. The minimum Gasteiger partial charge on any atom is -0.478 e. The van der Waals surface area contributed by atoms with Gasteiger partial charge in [0.05, 0.1) is 17.9 Å². The molecule has 0 aliphatic heterocycles. The van der Waals surface area contributed by atoms with Crippen LogP contribution in [-0.4, -0.2) is 35.6 Å². The number of carboxylic acids is 1. The van der Waals surface area contributed by atoms with Crippen LogP contribution in [0.5, 0.6) is 0 Å². The number of benzene rings is 1. The third-order valence-corrected chi connectivity index (χ3v) is 4.05. The minimum absolute atomic E-state index is 0.0803. The molecule has 7 heteroatoms. The molecule has 0 saturated carbocycles. The van der Waals surface area contributed by atoms with Gasteiger partial charge in [-0.1, -0.05) is 15.9 Å². The van der Waals surface area contributed by atoms with Crippen molar-refractivity contribution in [1.29, 1.82) is 0 Å². The van der Waals surface area contributed by atoms with Gasteiger partial charge in [-0.2, -0.15) is 0 Å². The third kappa shape index (κ3) is 6.49. The lowest BCUT2D eigenvalue weighted by atomic mass is 10.1. The van der Waals surface area contributed by atoms with Crippen molar-refractivity contribution in [2.45, 2.75) is 52.5 Å². The van der Waals surface area contributed by atoms with E-state index >= 15 is 0 Å². The van der Waals surface area contributed by atoms with Gasteiger partial charge in [0.1, 0.15) is 0 Å². The Bertz CT molecular complexity index is 630. The quantitative estimate of drug-likeness (QED) is 0.488. The fourth-order valence-corrected chi connectivity index (χ4v) is 2.83. The van der Waals surface area contributed by atoms with Gasteiger partial charge in [-0.15, -0.1) is 0 Å². The molecule has 0 radical (unpaired) electrons. The van der Waals surface area contributed by atoms with Crippen molar-refractivity contribution < 1.29 is 24.2 Å². The van der Waals surface area contributed by atoms with Crippen molar-refractivity contribution in [3.8, 4) is 0 Å². The Morgan fingerprint density at radius 1 is 1.20 bits per heavy atom. The summed E-state index contributed by atoms with van der Waals surface area (Å²) in [5, 5.41) is 9.39. The molecule has 0 unspecified atom stereocenters. The van der Waals surface area contributed by atoms with Crippen molar-refractivity contribution >= 4 is 39.5 Å². The molecule has 138 valence electrons. The maximum Gasteiger partial charge on any atom is 0.337 e. The zero-order valence-electron chi connectivity index (χ0n) is 14.8. The van der Waals surface area contributed by atoms with Gasteiger partial charge in [0, 0.05) is 23.4 Å². The lowest BCUT2D eigenvalue weighted by molar-refractivity contribution is -0.143. The summed E-state index contributed by atoms with van der Waals surface area (Å²) >= 11 is 3.32. The summed E-state index contributed by atoms with van der Waals surface area (Å²) in [6, 6.07) is 4.56. The lowest BCUT2D eigenvalue weighted by Crippen LogP contribution is -2.38. The molecule has 0 bridgehead atoms. The number of halogens is 1. The molecule has 0 aliphatic rings. The van der Waals surface area contributed by atoms with Crippen LogP contribution in [0.15, 0.2) is 22.7 Å². The predicted octanol–water partition coefficient (Wildman–Crippen LogP) is 4.01. The molecule has 6 nitrogen and oxygen atoms in total. The van der Waals surface area contributed by atoms with Crippen LogP contribution in [-0.2, 0) is 14.3 Å². The number of carboxylic acid groups (broad SMARTS) is 1. The van der Waals surface area contributed by atoms with E-state index in [1.54, 1.807) is 19.1 Å². The topological polar surface area (TPSA) is 83.9 Å². The van der Waals surface area contributed by atoms with Crippen LogP contribution in [0.4, 0.5) is 5.69 Å². The van der Waals surface area contributed by atoms with E-state index in [9.17, 15) is 19.5 Å². The molecule has 1 amide bonds. The highest BCUT2D eigenvalue weighted by molar-refractivity contribution is 9.10. The summed E-state index contributed by atoms with van der Waals surface area (Å²) in [7, 11) is 0. The number of hydrogen-bond donors (Lipinski definition) is 1. The Morgan fingerprint density at radius 2 is 1.84 bits per heavy atom. The second kappa shape index (κ2) is 10.2. The maximum atomic E-state index is 12.6. The molecular weight excluding hydrogens is 390 g/mol. The van der Waals surface area contributed by atoms with Crippen LogP contribution in [0.3, 0.4) is 0 Å². The molecule has 0 saturated heterocycles. The first kappa shape index (κ1) is 21.2. The normalized spacial score (nSPS) is 10.6. The molecule has 1 aromatic carbocycles. The molecule has 0 heterocycles. The highest BCUT2D eigenvalue weighted by Crippen LogP contribution is 2.28. The number of hydrogen-bond acceptors (Lipinski definition) is 4. The summed E-state index contributed by atoms with van der Waals surface area (Å²) in [6.07, 6.45) is 1.61. The molecule has 0 spiro atoms. The summed E-state index contributed by atoms with van der Waals surface area (Å²) in [4.78, 5) is 36.9. The summed E-state index contributed by atoms with van der Waals surface area (Å²) in [5.74, 6) is -1.52. The number of ether oxygens (including phenoxy) is 1. The Hall–Kier alpha value is -1.89. The first-order valence-corrected chi connectivity index (χ1v) is 9.07. The first-order chi connectivity index (χ1) is 11.8. The van der Waals surface area contributed by atoms with Crippen LogP contribution >= 0.6 is 15.9 Å². The summed E-state index contributed by atoms with van der Waals surface area (Å²) in [5.41, 5.74) is 0.448. The smallest absolute Gasteiger partial charge is 0.337 e. The van der Waals surface area contributed by atoms with Crippen LogP contribution in [0.1, 0.15) is 56.8 Å². The fourth-order valence-electron chi connectivity index (χ4n) is 2.48. The van der Waals surface area contributed by atoms with Crippen LogP contribution in [0, 0.1) is 0 Å². The average molecular weight is 414 g/mol. The van der Waals surface area contributed by atoms with Crippen molar-refractivity contribution in [2.24, 2.45) is 0 Å². The SMILES string of the molecule is CCOC(=O)CCCCC(=O)N(c1cc(Br)ccc1C(=O)O)C(C)C. The van der Waals surface area contributed by atoms with Crippen LogP contribution in [0.2, 0.25) is 0 Å². The molecule has 0 atom stereocenters. The van der Waals surface area contributed by atoms with E-state index in [4.69, 9.17) is 4.74 Å². The summed E-state index contributed by atoms with van der Waals surface area (Å²) in [6.45, 7) is 5.77. The van der Waals surface area contributed by atoms with Crippen molar-refractivity contribution in [3.05, 3.63) is 28.2 Å². The van der Waals surface area contributed by atoms with Crippen molar-refractivity contribution in [2.75, 3.05) is 11.5 Å². The molecule has 0 fully saturated rings. The summed E-state index contributed by atoms with van der Waals surface area (Å²) < 4.78 is 5.56. The van der Waals surface area contributed by atoms with Crippen molar-refractivity contribution in [1.82, 2.24) is 0 Å². The zero-order valence-corrected chi connectivity index (χ0v) is 16.3. The Labute approximate surface area is 156 Å². The number of carbonyl (C=O) groups excluding carboxylic acids is 2. The molecule has 1 N–H and O–H groups in total. The van der Waals surface area contributed by atoms with Gasteiger partial charge < -0.3 is 14.7 Å². The number of amides is 1. The van der Waals surface area contributed by atoms with E-state index in [2.05, 4.69) is 15.9 Å². The van der Waals surface area contributed by atoms with E-state index in [1.165, 1.54) is 11.0 Å². The van der Waals surface area contributed by atoms with Crippen LogP contribution < -0.4 is 4.90 Å². The monoisotopic (exact) mass is 413 g/mol. The molecule has 1 aromatic rings. The van der Waals surface area contributed by atoms with E-state index < -0.39 is 5.97 Å². The van der Waals surface area contributed by atoms with Gasteiger partial charge in [-0.25, -0.2) is 4.79 Å². The fraction of sp³-hybridized carbons (Fsp3) is 0.500. The molecule has 0 aromatic heterocycles. The van der Waals surface area contributed by atoms with Gasteiger partial charge >= 0.3 is 11.9 Å². The Morgan fingerprint density at radius 3 is 2.40 bits per heavy atom. The largest absolute Gasteiger partial charge is 0.478 e. The average Bonchev–Trinajstić information content (AvgIpc) is 2.51. The van der Waals surface area contributed by atoms with Crippen LogP contribution in [0.25, 0.3) is 0 Å². The number of rotatable bonds is 9. The number of anilines is 1. The maximum absolute atomic E-state index is 12.6. The highest BCUT2D eigenvalue weighted by atomic mass is 79.9. The van der Waals surface area contributed by atoms with Gasteiger partial charge in [0.25, 0.3) is 0 Å². The number of nitrogens with zero attached hydrogens (tertiary/aromatic N) is 1. The Balaban J connectivity index is 2.83. The van der Waals surface area contributed by atoms with E-state index in [1.807, 2.05) is 13.8 Å². The number of esters is 1. The molecular formula is C18H24BrNO5. The molecule has 1 rings (SSSR count). The molecule has 25 heavy (non-hydrogen) atoms. The number of aromatic carboxylic acids is 1. The van der Waals surface area contributed by atoms with Crippen molar-refractivity contribution in [3.63, 3.8) is 0 Å². The number of unbranched alkanes of at least 4 members (excludes halogenated alkanes) is 1.